The number of thiol groups is 1. The smallest absolute Gasteiger partial charge is 0.235 e. The maximum absolute atomic E-state index is 11.5. The molecule has 0 spiro atoms. The van der Waals surface area contributed by atoms with Crippen molar-refractivity contribution >= 4 is 18.5 Å². The monoisotopic (exact) mass is 280 g/mol. The van der Waals surface area contributed by atoms with E-state index in [1.54, 1.807) is 13.8 Å². The Morgan fingerprint density at radius 3 is 2.26 bits per heavy atom. The van der Waals surface area contributed by atoms with Gasteiger partial charge in [0.15, 0.2) is 0 Å². The van der Waals surface area contributed by atoms with Crippen molar-refractivity contribution in [2.45, 2.75) is 31.4 Å². The predicted molar refractivity (Wildman–Crippen MR) is 83.7 cm³/mol. The molecule has 19 heavy (non-hydrogen) atoms. The first-order valence-corrected chi connectivity index (χ1v) is 7.20. The maximum Gasteiger partial charge on any atom is 0.235 e. The van der Waals surface area contributed by atoms with Gasteiger partial charge >= 0.3 is 0 Å². The number of amides is 1. The number of benzene rings is 1. The molecule has 0 unspecified atom stereocenters. The summed E-state index contributed by atoms with van der Waals surface area (Å²) in [6.07, 6.45) is 2.25. The Balaban J connectivity index is 0.000000382. The lowest BCUT2D eigenvalue weighted by atomic mass is 10.1. The number of rotatable bonds is 4. The summed E-state index contributed by atoms with van der Waals surface area (Å²) in [5.41, 5.74) is 1.23. The first-order chi connectivity index (χ1) is 9.00. The molecular weight excluding hydrogens is 256 g/mol. The van der Waals surface area contributed by atoms with Crippen LogP contribution in [-0.2, 0) is 11.2 Å². The fourth-order valence-corrected chi connectivity index (χ4v) is 1.44. The van der Waals surface area contributed by atoms with Crippen LogP contribution in [0.2, 0.25) is 0 Å². The molecular formula is C15H24N2OS. The number of hydrogen-bond acceptors (Lipinski definition) is 3. The second kappa shape index (κ2) is 8.23. The Labute approximate surface area is 121 Å². The van der Waals surface area contributed by atoms with Crippen LogP contribution in [0.5, 0.6) is 0 Å². The third kappa shape index (κ3) is 7.23. The third-order valence-electron chi connectivity index (χ3n) is 2.80. The van der Waals surface area contributed by atoms with Crippen molar-refractivity contribution in [3.63, 3.8) is 0 Å². The van der Waals surface area contributed by atoms with Crippen LogP contribution in [0.4, 0.5) is 0 Å². The Morgan fingerprint density at radius 1 is 1.32 bits per heavy atom. The minimum absolute atomic E-state index is 0.0261. The molecule has 1 saturated heterocycles. The van der Waals surface area contributed by atoms with Crippen molar-refractivity contribution in [3.8, 4) is 0 Å². The van der Waals surface area contributed by atoms with Gasteiger partial charge in [0.25, 0.3) is 0 Å². The summed E-state index contributed by atoms with van der Waals surface area (Å²) in [4.78, 5) is 11.5. The average Bonchev–Trinajstić information content (AvgIpc) is 2.26. The molecule has 1 aromatic carbocycles. The summed E-state index contributed by atoms with van der Waals surface area (Å²) in [6, 6.07) is 10.1. The molecule has 0 bridgehead atoms. The summed E-state index contributed by atoms with van der Waals surface area (Å²) >= 11 is 4.20. The Kier molecular flexibility index (Phi) is 6.95. The van der Waals surface area contributed by atoms with Crippen molar-refractivity contribution in [3.05, 3.63) is 35.9 Å². The van der Waals surface area contributed by atoms with Gasteiger partial charge in [-0.3, -0.25) is 4.79 Å². The molecule has 1 amide bonds. The molecule has 2 N–H and O–H groups in total. The minimum atomic E-state index is -0.601. The van der Waals surface area contributed by atoms with Gasteiger partial charge in [-0.05, 0) is 45.3 Å². The second-order valence-corrected chi connectivity index (χ2v) is 6.27. The topological polar surface area (TPSA) is 41.1 Å². The van der Waals surface area contributed by atoms with Crippen LogP contribution in [0.15, 0.2) is 30.3 Å². The lowest BCUT2D eigenvalue weighted by Crippen LogP contribution is -2.38. The number of nitrogens with one attached hydrogen (secondary N) is 2. The van der Waals surface area contributed by atoms with E-state index in [0.717, 1.165) is 6.42 Å². The molecule has 1 aliphatic rings. The number of carbonyl (C=O) groups excluding carboxylic acids is 1. The van der Waals surface area contributed by atoms with E-state index >= 15 is 0 Å². The molecule has 0 atom stereocenters. The first-order valence-electron chi connectivity index (χ1n) is 6.75. The Hall–Kier alpha value is -1.00. The highest BCUT2D eigenvalue weighted by atomic mass is 32.1. The van der Waals surface area contributed by atoms with E-state index in [9.17, 15) is 4.79 Å². The van der Waals surface area contributed by atoms with Crippen molar-refractivity contribution in [2.75, 3.05) is 19.6 Å². The van der Waals surface area contributed by atoms with Crippen molar-refractivity contribution in [2.24, 2.45) is 0 Å². The van der Waals surface area contributed by atoms with Gasteiger partial charge in [0.1, 0.15) is 0 Å². The zero-order valence-electron chi connectivity index (χ0n) is 11.8. The largest absolute Gasteiger partial charge is 0.355 e. The standard InChI is InChI=1S/C12H17NOS.C3H7N/c1-12(2,15)11(14)13-9-8-10-6-4-3-5-7-10;1-2-4-3-1/h3-7,15H,8-9H2,1-2H3,(H,13,14);4H,1-3H2. The van der Waals surface area contributed by atoms with Gasteiger partial charge in [-0.15, -0.1) is 0 Å². The van der Waals surface area contributed by atoms with Gasteiger partial charge in [0.05, 0.1) is 4.75 Å². The molecule has 4 heteroatoms. The zero-order chi connectivity index (χ0) is 14.1. The lowest BCUT2D eigenvalue weighted by Gasteiger charge is -2.16. The molecule has 1 aromatic rings. The van der Waals surface area contributed by atoms with Crippen LogP contribution in [0, 0.1) is 0 Å². The fourth-order valence-electron chi connectivity index (χ4n) is 1.36. The van der Waals surface area contributed by atoms with E-state index in [4.69, 9.17) is 0 Å². The molecule has 0 aliphatic carbocycles. The summed E-state index contributed by atoms with van der Waals surface area (Å²) in [5.74, 6) is -0.0261. The predicted octanol–water partition coefficient (Wildman–Crippen LogP) is 2.03. The van der Waals surface area contributed by atoms with Gasteiger partial charge in [0.2, 0.25) is 5.91 Å². The van der Waals surface area contributed by atoms with E-state index in [2.05, 4.69) is 35.4 Å². The van der Waals surface area contributed by atoms with Gasteiger partial charge < -0.3 is 10.6 Å². The fraction of sp³-hybridized carbons (Fsp3) is 0.533. The highest BCUT2D eigenvalue weighted by Crippen LogP contribution is 2.11. The number of carbonyl (C=O) groups is 1. The third-order valence-corrected chi connectivity index (χ3v) is 3.01. The van der Waals surface area contributed by atoms with Crippen molar-refractivity contribution in [1.82, 2.24) is 10.6 Å². The van der Waals surface area contributed by atoms with Crippen molar-refractivity contribution < 1.29 is 4.79 Å². The molecule has 2 rings (SSSR count). The minimum Gasteiger partial charge on any atom is -0.355 e. The normalized spacial score (nSPS) is 13.8. The van der Waals surface area contributed by atoms with Gasteiger partial charge in [-0.1, -0.05) is 30.3 Å². The summed E-state index contributed by atoms with van der Waals surface area (Å²) in [5, 5.41) is 5.97. The molecule has 0 saturated carbocycles. The van der Waals surface area contributed by atoms with E-state index in [1.807, 2.05) is 18.2 Å². The quantitative estimate of drug-likeness (QED) is 0.739. The van der Waals surface area contributed by atoms with Crippen LogP contribution >= 0.6 is 12.6 Å². The van der Waals surface area contributed by atoms with Crippen LogP contribution in [-0.4, -0.2) is 30.3 Å². The highest BCUT2D eigenvalue weighted by molar-refractivity contribution is 7.82. The van der Waals surface area contributed by atoms with E-state index in [1.165, 1.54) is 25.1 Å². The molecule has 3 nitrogen and oxygen atoms in total. The van der Waals surface area contributed by atoms with Crippen LogP contribution in [0.25, 0.3) is 0 Å². The van der Waals surface area contributed by atoms with Gasteiger partial charge in [-0.25, -0.2) is 0 Å². The van der Waals surface area contributed by atoms with E-state index in [-0.39, 0.29) is 5.91 Å². The van der Waals surface area contributed by atoms with Crippen molar-refractivity contribution in [1.29, 1.82) is 0 Å². The van der Waals surface area contributed by atoms with Crippen LogP contribution in [0.1, 0.15) is 25.8 Å². The molecule has 1 heterocycles. The van der Waals surface area contributed by atoms with Gasteiger partial charge in [0, 0.05) is 6.54 Å². The highest BCUT2D eigenvalue weighted by Gasteiger charge is 2.21. The van der Waals surface area contributed by atoms with Crippen LogP contribution < -0.4 is 10.6 Å². The van der Waals surface area contributed by atoms with Crippen LogP contribution in [0.3, 0.4) is 0 Å². The zero-order valence-corrected chi connectivity index (χ0v) is 12.7. The molecule has 0 aromatic heterocycles. The summed E-state index contributed by atoms with van der Waals surface area (Å²) in [7, 11) is 0. The number of hydrogen-bond donors (Lipinski definition) is 3. The van der Waals surface area contributed by atoms with E-state index in [0.29, 0.717) is 6.54 Å². The summed E-state index contributed by atoms with van der Waals surface area (Å²) in [6.45, 7) is 6.73. The van der Waals surface area contributed by atoms with E-state index < -0.39 is 4.75 Å². The molecule has 1 fully saturated rings. The maximum atomic E-state index is 11.5. The lowest BCUT2D eigenvalue weighted by molar-refractivity contribution is -0.122. The Morgan fingerprint density at radius 2 is 1.84 bits per heavy atom. The van der Waals surface area contributed by atoms with Gasteiger partial charge in [-0.2, -0.15) is 12.6 Å². The molecule has 106 valence electrons. The Bertz CT molecular complexity index is 365. The summed E-state index contributed by atoms with van der Waals surface area (Å²) < 4.78 is -0.601. The molecule has 1 aliphatic heterocycles. The second-order valence-electron chi connectivity index (χ2n) is 5.15. The SMILES string of the molecule is C1CNC1.CC(C)(S)C(=O)NCCc1ccccc1. The first kappa shape index (κ1) is 16.1. The average molecular weight is 280 g/mol. The molecule has 0 radical (unpaired) electrons.